The highest BCUT2D eigenvalue weighted by Gasteiger charge is 2.18. The number of Topliss-reactive ketones (excluding diaryl/α,β-unsaturated/α-hetero) is 1. The Hall–Kier alpha value is -1.21. The lowest BCUT2D eigenvalue weighted by molar-refractivity contribution is -0.121. The normalized spacial score (nSPS) is 11.9. The van der Waals surface area contributed by atoms with Gasteiger partial charge in [-0.05, 0) is 25.1 Å². The molecular weight excluding hydrogens is 249 g/mol. The maximum atomic E-state index is 13.4. The van der Waals surface area contributed by atoms with E-state index >= 15 is 0 Å². The number of nitriles is 1. The topological polar surface area (TPSA) is 40.9 Å². The molecule has 0 aliphatic heterocycles. The van der Waals surface area contributed by atoms with Crippen molar-refractivity contribution in [2.45, 2.75) is 13.1 Å². The number of hydrogen-bond acceptors (Lipinski definition) is 2. The smallest absolute Gasteiger partial charge is 0.184 e. The van der Waals surface area contributed by atoms with Crippen LogP contribution >= 0.6 is 15.9 Å². The van der Waals surface area contributed by atoms with E-state index < -0.39 is 12.0 Å². The molecule has 4 heteroatoms. The minimum absolute atomic E-state index is 0.120. The quantitative estimate of drug-likeness (QED) is 0.816. The minimum atomic E-state index is -1.72. The molecule has 1 aromatic carbocycles. The van der Waals surface area contributed by atoms with E-state index in [4.69, 9.17) is 5.26 Å². The van der Waals surface area contributed by atoms with Crippen molar-refractivity contribution < 1.29 is 9.18 Å². The zero-order valence-electron chi connectivity index (χ0n) is 7.42. The van der Waals surface area contributed by atoms with Crippen LogP contribution in [-0.4, -0.2) is 5.78 Å². The molecule has 0 aliphatic rings. The third kappa shape index (κ3) is 2.18. The van der Waals surface area contributed by atoms with Crippen LogP contribution in [0.1, 0.15) is 24.2 Å². The first-order valence-corrected chi connectivity index (χ1v) is 4.69. The number of halogens is 2. The number of nitrogens with zero attached hydrogens (tertiary/aromatic N) is 1. The number of benzene rings is 1. The first kappa shape index (κ1) is 10.9. The van der Waals surface area contributed by atoms with Crippen molar-refractivity contribution in [2.24, 2.45) is 0 Å². The number of alkyl halides is 1. The van der Waals surface area contributed by atoms with Crippen LogP contribution in [0.15, 0.2) is 22.7 Å². The van der Waals surface area contributed by atoms with Gasteiger partial charge < -0.3 is 0 Å². The summed E-state index contributed by atoms with van der Waals surface area (Å²) in [5, 5.41) is 8.70. The van der Waals surface area contributed by atoms with E-state index in [-0.39, 0.29) is 11.1 Å². The second-order valence-electron chi connectivity index (χ2n) is 2.82. The summed E-state index contributed by atoms with van der Waals surface area (Å²) in [6, 6.07) is 6.41. The minimum Gasteiger partial charge on any atom is -0.296 e. The summed E-state index contributed by atoms with van der Waals surface area (Å²) in [7, 11) is 0. The van der Waals surface area contributed by atoms with Gasteiger partial charge in [0.2, 0.25) is 0 Å². The van der Waals surface area contributed by atoms with Gasteiger partial charge in [0.15, 0.2) is 12.0 Å². The van der Waals surface area contributed by atoms with Crippen LogP contribution in [0.25, 0.3) is 0 Å². The average Bonchev–Trinajstić information content (AvgIpc) is 2.16. The molecule has 72 valence electrons. The molecule has 0 fully saturated rings. The van der Waals surface area contributed by atoms with Crippen LogP contribution in [0.2, 0.25) is 0 Å². The molecule has 14 heavy (non-hydrogen) atoms. The first-order valence-electron chi connectivity index (χ1n) is 3.90. The SMILES string of the molecule is CC(=O)C(F)c1cc(Br)ccc1C#N. The van der Waals surface area contributed by atoms with Crippen molar-refractivity contribution in [3.63, 3.8) is 0 Å². The predicted molar refractivity (Wildman–Crippen MR) is 53.4 cm³/mol. The zero-order valence-corrected chi connectivity index (χ0v) is 9.01. The van der Waals surface area contributed by atoms with Gasteiger partial charge in [0.05, 0.1) is 11.6 Å². The lowest BCUT2D eigenvalue weighted by Crippen LogP contribution is -2.04. The first-order chi connectivity index (χ1) is 6.56. The Morgan fingerprint density at radius 2 is 2.29 bits per heavy atom. The van der Waals surface area contributed by atoms with Crippen LogP contribution in [0, 0.1) is 11.3 Å². The Bertz CT molecular complexity index is 411. The molecule has 0 aliphatic carbocycles. The molecule has 0 bridgehead atoms. The van der Waals surface area contributed by atoms with E-state index in [1.54, 1.807) is 6.07 Å². The van der Waals surface area contributed by atoms with E-state index in [0.29, 0.717) is 4.47 Å². The van der Waals surface area contributed by atoms with Crippen molar-refractivity contribution in [2.75, 3.05) is 0 Å². The highest BCUT2D eigenvalue weighted by atomic mass is 79.9. The van der Waals surface area contributed by atoms with Gasteiger partial charge in [-0.3, -0.25) is 4.79 Å². The molecule has 1 unspecified atom stereocenters. The van der Waals surface area contributed by atoms with Gasteiger partial charge in [-0.15, -0.1) is 0 Å². The molecule has 0 saturated heterocycles. The van der Waals surface area contributed by atoms with Gasteiger partial charge >= 0.3 is 0 Å². The largest absolute Gasteiger partial charge is 0.296 e. The van der Waals surface area contributed by atoms with Crippen LogP contribution in [0.4, 0.5) is 4.39 Å². The van der Waals surface area contributed by atoms with E-state index in [0.717, 1.165) is 6.92 Å². The molecule has 1 rings (SSSR count). The maximum Gasteiger partial charge on any atom is 0.184 e. The Morgan fingerprint density at radius 1 is 1.64 bits per heavy atom. The number of carbonyl (C=O) groups excluding carboxylic acids is 1. The second-order valence-corrected chi connectivity index (χ2v) is 3.73. The number of hydrogen-bond donors (Lipinski definition) is 0. The highest BCUT2D eigenvalue weighted by Crippen LogP contribution is 2.25. The molecule has 1 atom stereocenters. The fraction of sp³-hybridized carbons (Fsp3) is 0.200. The van der Waals surface area contributed by atoms with Crippen molar-refractivity contribution >= 4 is 21.7 Å². The van der Waals surface area contributed by atoms with Gasteiger partial charge in [0.1, 0.15) is 0 Å². The molecule has 0 saturated carbocycles. The number of carbonyl (C=O) groups is 1. The van der Waals surface area contributed by atoms with E-state index in [9.17, 15) is 9.18 Å². The summed E-state index contributed by atoms with van der Waals surface area (Å²) in [5.74, 6) is -0.598. The Kier molecular flexibility index (Phi) is 3.37. The van der Waals surface area contributed by atoms with Crippen LogP contribution < -0.4 is 0 Å². The van der Waals surface area contributed by atoms with Gasteiger partial charge in [-0.25, -0.2) is 4.39 Å². The molecule has 0 radical (unpaired) electrons. The molecule has 0 spiro atoms. The molecular formula is C10H7BrFNO. The van der Waals surface area contributed by atoms with Crippen LogP contribution in [0.3, 0.4) is 0 Å². The summed E-state index contributed by atoms with van der Waals surface area (Å²) in [6.45, 7) is 1.16. The van der Waals surface area contributed by atoms with Crippen LogP contribution in [0.5, 0.6) is 0 Å². The zero-order chi connectivity index (χ0) is 10.7. The molecule has 0 N–H and O–H groups in total. The average molecular weight is 256 g/mol. The summed E-state index contributed by atoms with van der Waals surface area (Å²) < 4.78 is 14.0. The highest BCUT2D eigenvalue weighted by molar-refractivity contribution is 9.10. The molecule has 0 heterocycles. The van der Waals surface area contributed by atoms with Crippen molar-refractivity contribution in [1.29, 1.82) is 5.26 Å². The fourth-order valence-electron chi connectivity index (χ4n) is 1.06. The molecule has 0 amide bonds. The lowest BCUT2D eigenvalue weighted by atomic mass is 10.0. The Labute approximate surface area is 89.5 Å². The molecule has 0 aromatic heterocycles. The Morgan fingerprint density at radius 3 is 2.79 bits per heavy atom. The summed E-state index contributed by atoms with van der Waals surface area (Å²) in [6.07, 6.45) is -1.72. The van der Waals surface area contributed by atoms with Crippen molar-refractivity contribution in [1.82, 2.24) is 0 Å². The van der Waals surface area contributed by atoms with Crippen molar-refractivity contribution in [3.8, 4) is 6.07 Å². The van der Waals surface area contributed by atoms with E-state index in [2.05, 4.69) is 15.9 Å². The predicted octanol–water partition coefficient (Wildman–Crippen LogP) is 2.92. The third-order valence-electron chi connectivity index (χ3n) is 1.76. The standard InChI is InChI=1S/C10H7BrFNO/c1-6(14)10(12)9-4-8(11)3-2-7(9)5-13/h2-4,10H,1H3. The summed E-state index contributed by atoms with van der Waals surface area (Å²) in [4.78, 5) is 10.8. The van der Waals surface area contributed by atoms with Gasteiger partial charge in [0, 0.05) is 10.0 Å². The van der Waals surface area contributed by atoms with E-state index in [1.807, 2.05) is 6.07 Å². The maximum absolute atomic E-state index is 13.4. The molecule has 1 aromatic rings. The number of ketones is 1. The van der Waals surface area contributed by atoms with Gasteiger partial charge in [-0.1, -0.05) is 15.9 Å². The van der Waals surface area contributed by atoms with Crippen LogP contribution in [-0.2, 0) is 4.79 Å². The van der Waals surface area contributed by atoms with Crippen molar-refractivity contribution in [3.05, 3.63) is 33.8 Å². The van der Waals surface area contributed by atoms with Gasteiger partial charge in [-0.2, -0.15) is 5.26 Å². The van der Waals surface area contributed by atoms with Gasteiger partial charge in [0.25, 0.3) is 0 Å². The Balaban J connectivity index is 3.25. The molecule has 2 nitrogen and oxygen atoms in total. The third-order valence-corrected chi connectivity index (χ3v) is 2.26. The second kappa shape index (κ2) is 4.34. The lowest BCUT2D eigenvalue weighted by Gasteiger charge is -2.06. The number of rotatable bonds is 2. The summed E-state index contributed by atoms with van der Waals surface area (Å²) >= 11 is 3.16. The fourth-order valence-corrected chi connectivity index (χ4v) is 1.44. The monoisotopic (exact) mass is 255 g/mol. The summed E-state index contributed by atoms with van der Waals surface area (Å²) in [5.41, 5.74) is 0.310. The van der Waals surface area contributed by atoms with E-state index in [1.165, 1.54) is 12.1 Å².